The number of nitrogens with one attached hydrogen (secondary N) is 1. The van der Waals surface area contributed by atoms with Crippen LogP contribution in [0.5, 0.6) is 0 Å². The number of hydrogen-bond donors (Lipinski definition) is 2. The summed E-state index contributed by atoms with van der Waals surface area (Å²) in [6.07, 6.45) is 2.50. The number of ether oxygens (including phenoxy) is 1. The third-order valence-electron chi connectivity index (χ3n) is 2.48. The Balaban J connectivity index is 3.97. The number of carbonyl (C=O) groups excluding carboxylic acids is 1. The second-order valence-corrected chi connectivity index (χ2v) is 4.12. The second kappa shape index (κ2) is 9.60. The van der Waals surface area contributed by atoms with Gasteiger partial charge in [0.15, 0.2) is 0 Å². The number of hydrogen-bond acceptors (Lipinski definition) is 4. The number of aliphatic hydroxyl groups is 1. The molecule has 0 radical (unpaired) electrons. The Morgan fingerprint density at radius 2 is 2.06 bits per heavy atom. The van der Waals surface area contributed by atoms with E-state index in [1.807, 2.05) is 13.8 Å². The van der Waals surface area contributed by atoms with Crippen LogP contribution in [0.15, 0.2) is 0 Å². The van der Waals surface area contributed by atoms with Crippen molar-refractivity contribution in [3.8, 4) is 0 Å². The normalized spacial score (nSPS) is 14.5. The minimum Gasteiger partial charge on any atom is -0.465 e. The van der Waals surface area contributed by atoms with Crippen molar-refractivity contribution in [2.75, 3.05) is 19.8 Å². The molecule has 0 amide bonds. The molecule has 0 bridgehead atoms. The van der Waals surface area contributed by atoms with Crippen molar-refractivity contribution in [2.24, 2.45) is 5.92 Å². The molecule has 4 heteroatoms. The molecule has 0 aromatic heterocycles. The number of esters is 1. The predicted octanol–water partition coefficient (Wildman–Crippen LogP) is 1.33. The van der Waals surface area contributed by atoms with Gasteiger partial charge in [-0.05, 0) is 32.2 Å². The zero-order valence-corrected chi connectivity index (χ0v) is 10.7. The van der Waals surface area contributed by atoms with E-state index in [9.17, 15) is 4.79 Å². The van der Waals surface area contributed by atoms with Crippen molar-refractivity contribution >= 4 is 5.97 Å². The van der Waals surface area contributed by atoms with E-state index in [4.69, 9.17) is 9.84 Å². The van der Waals surface area contributed by atoms with Gasteiger partial charge in [-0.1, -0.05) is 20.3 Å². The third-order valence-corrected chi connectivity index (χ3v) is 2.48. The summed E-state index contributed by atoms with van der Waals surface area (Å²) in [5.41, 5.74) is 0. The van der Waals surface area contributed by atoms with Crippen molar-refractivity contribution in [1.82, 2.24) is 5.32 Å². The number of rotatable bonds is 9. The van der Waals surface area contributed by atoms with Crippen molar-refractivity contribution in [3.63, 3.8) is 0 Å². The first kappa shape index (κ1) is 15.4. The van der Waals surface area contributed by atoms with Gasteiger partial charge in [0.05, 0.1) is 6.61 Å². The lowest BCUT2D eigenvalue weighted by Crippen LogP contribution is -2.40. The minimum absolute atomic E-state index is 0.166. The van der Waals surface area contributed by atoms with Crippen LogP contribution in [0, 0.1) is 5.92 Å². The molecular weight excluding hydrogens is 206 g/mol. The first-order valence-corrected chi connectivity index (χ1v) is 6.16. The lowest BCUT2D eigenvalue weighted by Gasteiger charge is -2.19. The predicted molar refractivity (Wildman–Crippen MR) is 64.2 cm³/mol. The fraction of sp³-hybridized carbons (Fsp3) is 0.917. The van der Waals surface area contributed by atoms with E-state index in [-0.39, 0.29) is 18.6 Å². The van der Waals surface area contributed by atoms with E-state index in [2.05, 4.69) is 12.2 Å². The smallest absolute Gasteiger partial charge is 0.323 e. The first-order valence-electron chi connectivity index (χ1n) is 6.16. The molecule has 16 heavy (non-hydrogen) atoms. The average molecular weight is 231 g/mol. The van der Waals surface area contributed by atoms with Gasteiger partial charge in [0, 0.05) is 6.61 Å². The van der Waals surface area contributed by atoms with Crippen LogP contribution < -0.4 is 5.32 Å². The van der Waals surface area contributed by atoms with Crippen LogP contribution in [0.1, 0.15) is 40.0 Å². The Morgan fingerprint density at radius 1 is 1.38 bits per heavy atom. The highest BCUT2D eigenvalue weighted by atomic mass is 16.5. The molecule has 0 saturated carbocycles. The molecule has 0 rings (SSSR count). The fourth-order valence-electron chi connectivity index (χ4n) is 1.50. The molecule has 0 aliphatic carbocycles. The van der Waals surface area contributed by atoms with Crippen LogP contribution in [-0.4, -0.2) is 36.9 Å². The van der Waals surface area contributed by atoms with Gasteiger partial charge in [-0.15, -0.1) is 0 Å². The van der Waals surface area contributed by atoms with Crippen molar-refractivity contribution in [1.29, 1.82) is 0 Å². The maximum atomic E-state index is 11.6. The van der Waals surface area contributed by atoms with Crippen LogP contribution in [0.3, 0.4) is 0 Å². The standard InChI is InChI=1S/C12H25NO3/c1-4-6-11(12(15)16-5-2)13-9-10(3)7-8-14/h10-11,13-14H,4-9H2,1-3H3. The SMILES string of the molecule is CCCC(NCC(C)CCO)C(=O)OCC. The maximum Gasteiger partial charge on any atom is 0.323 e. The van der Waals surface area contributed by atoms with Gasteiger partial charge in [0.25, 0.3) is 0 Å². The Morgan fingerprint density at radius 3 is 2.56 bits per heavy atom. The summed E-state index contributed by atoms with van der Waals surface area (Å²) >= 11 is 0. The van der Waals surface area contributed by atoms with E-state index in [0.717, 1.165) is 25.8 Å². The van der Waals surface area contributed by atoms with E-state index in [1.165, 1.54) is 0 Å². The molecule has 0 fully saturated rings. The van der Waals surface area contributed by atoms with Gasteiger partial charge < -0.3 is 15.2 Å². The maximum absolute atomic E-state index is 11.6. The molecule has 2 unspecified atom stereocenters. The molecule has 0 aromatic rings. The molecular formula is C12H25NO3. The molecule has 0 saturated heterocycles. The third kappa shape index (κ3) is 6.80. The highest BCUT2D eigenvalue weighted by Crippen LogP contribution is 2.03. The van der Waals surface area contributed by atoms with Crippen molar-refractivity contribution < 1.29 is 14.6 Å². The highest BCUT2D eigenvalue weighted by molar-refractivity contribution is 5.75. The van der Waals surface area contributed by atoms with Crippen LogP contribution in [0.2, 0.25) is 0 Å². The van der Waals surface area contributed by atoms with E-state index < -0.39 is 0 Å². The first-order chi connectivity index (χ1) is 7.65. The average Bonchev–Trinajstić information content (AvgIpc) is 2.24. The summed E-state index contributed by atoms with van der Waals surface area (Å²) in [5.74, 6) is 0.208. The molecule has 96 valence electrons. The van der Waals surface area contributed by atoms with Gasteiger partial charge >= 0.3 is 5.97 Å². The molecule has 2 atom stereocenters. The van der Waals surface area contributed by atoms with Gasteiger partial charge in [-0.2, -0.15) is 0 Å². The van der Waals surface area contributed by atoms with Gasteiger partial charge in [0.1, 0.15) is 6.04 Å². The van der Waals surface area contributed by atoms with Crippen molar-refractivity contribution in [2.45, 2.75) is 46.1 Å². The summed E-state index contributed by atoms with van der Waals surface area (Å²) in [6.45, 7) is 7.27. The largest absolute Gasteiger partial charge is 0.465 e. The van der Waals surface area contributed by atoms with E-state index in [1.54, 1.807) is 0 Å². The van der Waals surface area contributed by atoms with Gasteiger partial charge in [-0.3, -0.25) is 4.79 Å². The molecule has 0 aliphatic heterocycles. The summed E-state index contributed by atoms with van der Waals surface area (Å²) in [4.78, 5) is 11.6. The molecule has 0 aromatic carbocycles. The lowest BCUT2D eigenvalue weighted by molar-refractivity contribution is -0.145. The summed E-state index contributed by atoms with van der Waals surface area (Å²) in [6, 6.07) is -0.203. The monoisotopic (exact) mass is 231 g/mol. The van der Waals surface area contributed by atoms with Crippen molar-refractivity contribution in [3.05, 3.63) is 0 Å². The quantitative estimate of drug-likeness (QED) is 0.588. The van der Waals surface area contributed by atoms with Crippen LogP contribution >= 0.6 is 0 Å². The second-order valence-electron chi connectivity index (χ2n) is 4.12. The molecule has 2 N–H and O–H groups in total. The van der Waals surface area contributed by atoms with Gasteiger partial charge in [0.2, 0.25) is 0 Å². The number of aliphatic hydroxyl groups excluding tert-OH is 1. The Bertz CT molecular complexity index is 185. The summed E-state index contributed by atoms with van der Waals surface area (Å²) < 4.78 is 5.00. The lowest BCUT2D eigenvalue weighted by atomic mass is 10.1. The van der Waals surface area contributed by atoms with Gasteiger partial charge in [-0.25, -0.2) is 0 Å². The number of carbonyl (C=O) groups is 1. The Kier molecular flexibility index (Phi) is 9.24. The highest BCUT2D eigenvalue weighted by Gasteiger charge is 2.18. The Hall–Kier alpha value is -0.610. The fourth-order valence-corrected chi connectivity index (χ4v) is 1.50. The zero-order valence-electron chi connectivity index (χ0n) is 10.7. The van der Waals surface area contributed by atoms with E-state index >= 15 is 0 Å². The molecule has 0 aliphatic rings. The topological polar surface area (TPSA) is 58.6 Å². The van der Waals surface area contributed by atoms with Crippen LogP contribution in [0.4, 0.5) is 0 Å². The Labute approximate surface area is 98.4 Å². The summed E-state index contributed by atoms with van der Waals surface area (Å²) in [5, 5.41) is 12.0. The van der Waals surface area contributed by atoms with Crippen LogP contribution in [-0.2, 0) is 9.53 Å². The molecule has 0 heterocycles. The minimum atomic E-state index is -0.203. The summed E-state index contributed by atoms with van der Waals surface area (Å²) in [7, 11) is 0. The van der Waals surface area contributed by atoms with Crippen LogP contribution in [0.25, 0.3) is 0 Å². The molecule has 4 nitrogen and oxygen atoms in total. The molecule has 0 spiro atoms. The zero-order chi connectivity index (χ0) is 12.4. The van der Waals surface area contributed by atoms with E-state index in [0.29, 0.717) is 12.5 Å².